The summed E-state index contributed by atoms with van der Waals surface area (Å²) in [5.41, 5.74) is 2.49. The lowest BCUT2D eigenvalue weighted by Gasteiger charge is -2.34. The zero-order valence-corrected chi connectivity index (χ0v) is 12.7. The number of amides is 1. The van der Waals surface area contributed by atoms with Gasteiger partial charge in [0.2, 0.25) is 0 Å². The lowest BCUT2D eigenvalue weighted by atomic mass is 9.78. The molecule has 0 bridgehead atoms. The van der Waals surface area contributed by atoms with Gasteiger partial charge in [0.15, 0.2) is 0 Å². The number of carbonyl (C=O) groups excluding carboxylic acids is 1. The minimum Gasteiger partial charge on any atom is -0.349 e. The summed E-state index contributed by atoms with van der Waals surface area (Å²) in [7, 11) is 1.88. The minimum absolute atomic E-state index is 0.0362. The maximum atomic E-state index is 12.5. The first-order valence-electron chi connectivity index (χ1n) is 7.23. The van der Waals surface area contributed by atoms with Crippen molar-refractivity contribution in [2.75, 3.05) is 0 Å². The normalized spacial score (nSPS) is 27.3. The molecule has 106 valence electrons. The predicted octanol–water partition coefficient (Wildman–Crippen LogP) is 2.59. The fourth-order valence-corrected chi connectivity index (χ4v) is 3.13. The molecule has 4 nitrogen and oxygen atoms in total. The highest BCUT2D eigenvalue weighted by Gasteiger charge is 2.29. The van der Waals surface area contributed by atoms with Crippen LogP contribution < -0.4 is 5.32 Å². The molecule has 0 spiro atoms. The number of hydrogen-bond donors (Lipinski definition) is 1. The Morgan fingerprint density at radius 1 is 1.32 bits per heavy atom. The molecular formula is C15H25N3O. The molecule has 1 aromatic rings. The van der Waals surface area contributed by atoms with Crippen molar-refractivity contribution in [3.63, 3.8) is 0 Å². The molecule has 4 heteroatoms. The highest BCUT2D eigenvalue weighted by molar-refractivity contribution is 5.96. The Hall–Kier alpha value is -1.32. The van der Waals surface area contributed by atoms with Crippen LogP contribution in [-0.2, 0) is 7.05 Å². The van der Waals surface area contributed by atoms with Gasteiger partial charge in [0.1, 0.15) is 0 Å². The lowest BCUT2D eigenvalue weighted by molar-refractivity contribution is 0.0889. The molecule has 3 atom stereocenters. The van der Waals surface area contributed by atoms with Gasteiger partial charge in [0.25, 0.3) is 5.91 Å². The Bertz CT molecular complexity index is 478. The Kier molecular flexibility index (Phi) is 3.97. The van der Waals surface area contributed by atoms with Crippen molar-refractivity contribution in [3.8, 4) is 0 Å². The Morgan fingerprint density at radius 3 is 2.58 bits per heavy atom. The molecule has 1 aromatic heterocycles. The standard InChI is InChI=1S/C15H25N3O/c1-9-7-6-8-13(10(9)2)16-15(19)14-11(3)17-18(5)12(14)4/h9-10,13H,6-8H2,1-5H3,(H,16,19)/t9-,10+,13+/m1/s1. The maximum absolute atomic E-state index is 12.5. The number of carbonyl (C=O) groups is 1. The molecule has 0 aromatic carbocycles. The van der Waals surface area contributed by atoms with E-state index in [1.165, 1.54) is 12.8 Å². The summed E-state index contributed by atoms with van der Waals surface area (Å²) in [6, 6.07) is 0.301. The van der Waals surface area contributed by atoms with Crippen molar-refractivity contribution >= 4 is 5.91 Å². The van der Waals surface area contributed by atoms with Crippen molar-refractivity contribution < 1.29 is 4.79 Å². The van der Waals surface area contributed by atoms with E-state index in [1.807, 2.05) is 20.9 Å². The molecule has 1 aliphatic carbocycles. The van der Waals surface area contributed by atoms with E-state index in [0.29, 0.717) is 17.9 Å². The summed E-state index contributed by atoms with van der Waals surface area (Å²) >= 11 is 0. The number of rotatable bonds is 2. The first-order chi connectivity index (χ1) is 8.91. The molecule has 1 saturated carbocycles. The van der Waals surface area contributed by atoms with Gasteiger partial charge in [-0.1, -0.05) is 26.7 Å². The van der Waals surface area contributed by atoms with E-state index in [-0.39, 0.29) is 5.91 Å². The van der Waals surface area contributed by atoms with Gasteiger partial charge in [-0.2, -0.15) is 5.10 Å². The van der Waals surface area contributed by atoms with Crippen LogP contribution in [0.4, 0.5) is 0 Å². The lowest BCUT2D eigenvalue weighted by Crippen LogP contribution is -2.44. The third-order valence-corrected chi connectivity index (χ3v) is 4.76. The summed E-state index contributed by atoms with van der Waals surface area (Å²) in [4.78, 5) is 12.5. The van der Waals surface area contributed by atoms with Crippen molar-refractivity contribution in [1.29, 1.82) is 0 Å². The van der Waals surface area contributed by atoms with Crippen molar-refractivity contribution in [2.24, 2.45) is 18.9 Å². The van der Waals surface area contributed by atoms with Crippen LogP contribution >= 0.6 is 0 Å². The highest BCUT2D eigenvalue weighted by Crippen LogP contribution is 2.29. The third-order valence-electron chi connectivity index (χ3n) is 4.76. The summed E-state index contributed by atoms with van der Waals surface area (Å²) in [6.45, 7) is 8.37. The van der Waals surface area contributed by atoms with Crippen LogP contribution in [0, 0.1) is 25.7 Å². The van der Waals surface area contributed by atoms with Crippen LogP contribution in [0.15, 0.2) is 0 Å². The first kappa shape index (κ1) is 14.1. The summed E-state index contributed by atoms with van der Waals surface area (Å²) in [6.07, 6.45) is 3.58. The molecule has 2 rings (SSSR count). The summed E-state index contributed by atoms with van der Waals surface area (Å²) in [5, 5.41) is 7.53. The monoisotopic (exact) mass is 263 g/mol. The first-order valence-corrected chi connectivity index (χ1v) is 7.23. The number of nitrogens with one attached hydrogen (secondary N) is 1. The smallest absolute Gasteiger partial charge is 0.255 e. The van der Waals surface area contributed by atoms with Gasteiger partial charge in [0, 0.05) is 18.8 Å². The van der Waals surface area contributed by atoms with Crippen molar-refractivity contribution in [2.45, 2.75) is 53.0 Å². The van der Waals surface area contributed by atoms with Gasteiger partial charge < -0.3 is 5.32 Å². The third kappa shape index (κ3) is 2.67. The molecule has 1 aliphatic rings. The number of hydrogen-bond acceptors (Lipinski definition) is 2. The molecule has 1 fully saturated rings. The van der Waals surface area contributed by atoms with E-state index in [2.05, 4.69) is 24.3 Å². The summed E-state index contributed by atoms with van der Waals surface area (Å²) < 4.78 is 1.77. The second kappa shape index (κ2) is 5.35. The molecule has 0 aliphatic heterocycles. The van der Waals surface area contributed by atoms with Crippen LogP contribution in [-0.4, -0.2) is 21.7 Å². The van der Waals surface area contributed by atoms with Gasteiger partial charge in [-0.05, 0) is 32.1 Å². The second-order valence-electron chi connectivity index (χ2n) is 6.02. The molecule has 0 saturated heterocycles. The minimum atomic E-state index is 0.0362. The van der Waals surface area contributed by atoms with Gasteiger partial charge in [0.05, 0.1) is 11.3 Å². The Labute approximate surface area is 115 Å². The molecule has 0 unspecified atom stereocenters. The summed E-state index contributed by atoms with van der Waals surface area (Å²) in [5.74, 6) is 1.28. The Balaban J connectivity index is 2.12. The van der Waals surface area contributed by atoms with Gasteiger partial charge in [-0.15, -0.1) is 0 Å². The molecule has 1 amide bonds. The average Bonchev–Trinajstić information content (AvgIpc) is 2.59. The van der Waals surface area contributed by atoms with E-state index in [0.717, 1.165) is 23.4 Å². The quantitative estimate of drug-likeness (QED) is 0.891. The van der Waals surface area contributed by atoms with E-state index >= 15 is 0 Å². The zero-order valence-electron chi connectivity index (χ0n) is 12.7. The van der Waals surface area contributed by atoms with E-state index in [1.54, 1.807) is 4.68 Å². The van der Waals surface area contributed by atoms with Gasteiger partial charge >= 0.3 is 0 Å². The van der Waals surface area contributed by atoms with E-state index in [9.17, 15) is 4.79 Å². The second-order valence-corrected chi connectivity index (χ2v) is 6.02. The Morgan fingerprint density at radius 2 is 2.00 bits per heavy atom. The SMILES string of the molecule is Cc1nn(C)c(C)c1C(=O)N[C@H]1CCC[C@@H](C)[C@@H]1C. The van der Waals surface area contributed by atoms with E-state index < -0.39 is 0 Å². The van der Waals surface area contributed by atoms with Gasteiger partial charge in [-0.3, -0.25) is 9.48 Å². The topological polar surface area (TPSA) is 46.9 Å². The zero-order chi connectivity index (χ0) is 14.2. The highest BCUT2D eigenvalue weighted by atomic mass is 16.1. The number of nitrogens with zero attached hydrogens (tertiary/aromatic N) is 2. The van der Waals surface area contributed by atoms with Crippen LogP contribution in [0.3, 0.4) is 0 Å². The number of aryl methyl sites for hydroxylation is 2. The van der Waals surface area contributed by atoms with Crippen LogP contribution in [0.25, 0.3) is 0 Å². The van der Waals surface area contributed by atoms with Crippen molar-refractivity contribution in [3.05, 3.63) is 17.0 Å². The maximum Gasteiger partial charge on any atom is 0.255 e. The molecule has 1 heterocycles. The molecule has 0 radical (unpaired) electrons. The van der Waals surface area contributed by atoms with Crippen LogP contribution in [0.2, 0.25) is 0 Å². The van der Waals surface area contributed by atoms with Gasteiger partial charge in [-0.25, -0.2) is 0 Å². The molecule has 19 heavy (non-hydrogen) atoms. The van der Waals surface area contributed by atoms with Crippen LogP contribution in [0.1, 0.15) is 54.9 Å². The average molecular weight is 263 g/mol. The number of aromatic nitrogens is 2. The van der Waals surface area contributed by atoms with Crippen LogP contribution in [0.5, 0.6) is 0 Å². The molecule has 1 N–H and O–H groups in total. The fraction of sp³-hybridized carbons (Fsp3) is 0.733. The molecular weight excluding hydrogens is 238 g/mol. The predicted molar refractivity (Wildman–Crippen MR) is 76.1 cm³/mol. The fourth-order valence-electron chi connectivity index (χ4n) is 3.13. The van der Waals surface area contributed by atoms with Crippen molar-refractivity contribution in [1.82, 2.24) is 15.1 Å². The van der Waals surface area contributed by atoms with E-state index in [4.69, 9.17) is 0 Å². The largest absolute Gasteiger partial charge is 0.349 e.